The summed E-state index contributed by atoms with van der Waals surface area (Å²) in [6.45, 7) is 5.56. The average molecular weight is 248 g/mol. The second-order valence-corrected chi connectivity index (χ2v) is 4.81. The van der Waals surface area contributed by atoms with Crippen molar-refractivity contribution >= 4 is 5.91 Å². The van der Waals surface area contributed by atoms with Crippen LogP contribution in [0.25, 0.3) is 0 Å². The molecule has 3 N–H and O–H groups in total. The smallest absolute Gasteiger partial charge is 0.251 e. The van der Waals surface area contributed by atoms with Crippen molar-refractivity contribution in [3.8, 4) is 0 Å². The first kappa shape index (κ1) is 14.7. The monoisotopic (exact) mass is 248 g/mol. The van der Waals surface area contributed by atoms with Crippen molar-refractivity contribution in [1.29, 1.82) is 0 Å². The summed E-state index contributed by atoms with van der Waals surface area (Å²) in [5, 5.41) is 3.00. The third kappa shape index (κ3) is 4.88. The van der Waals surface area contributed by atoms with E-state index in [4.69, 9.17) is 5.73 Å². The number of carbonyl (C=O) groups is 1. The fraction of sp³-hybridized carbons (Fsp3) is 0.533. The standard InChI is InChI=1S/C15H24N2O/c1-3-5-13(8-9-16)11-17-15(18)14-7-4-6-12(2)10-14/h4,6-7,10,13H,3,5,8-9,11,16H2,1-2H3,(H,17,18). The summed E-state index contributed by atoms with van der Waals surface area (Å²) in [6.07, 6.45) is 3.22. The zero-order chi connectivity index (χ0) is 13.4. The molecule has 1 unspecified atom stereocenters. The van der Waals surface area contributed by atoms with Crippen molar-refractivity contribution in [3.63, 3.8) is 0 Å². The van der Waals surface area contributed by atoms with Gasteiger partial charge in [-0.2, -0.15) is 0 Å². The van der Waals surface area contributed by atoms with E-state index in [0.29, 0.717) is 12.5 Å². The van der Waals surface area contributed by atoms with Gasteiger partial charge in [0.1, 0.15) is 0 Å². The van der Waals surface area contributed by atoms with Gasteiger partial charge >= 0.3 is 0 Å². The topological polar surface area (TPSA) is 55.1 Å². The van der Waals surface area contributed by atoms with Crippen molar-refractivity contribution in [2.75, 3.05) is 13.1 Å². The van der Waals surface area contributed by atoms with Gasteiger partial charge in [0.2, 0.25) is 0 Å². The average Bonchev–Trinajstić information content (AvgIpc) is 2.36. The highest BCUT2D eigenvalue weighted by Crippen LogP contribution is 2.10. The summed E-state index contributed by atoms with van der Waals surface area (Å²) in [4.78, 5) is 12.0. The SMILES string of the molecule is CCCC(CCN)CNC(=O)c1cccc(C)c1. The zero-order valence-corrected chi connectivity index (χ0v) is 11.4. The Morgan fingerprint density at radius 2 is 2.17 bits per heavy atom. The van der Waals surface area contributed by atoms with E-state index in [1.165, 1.54) is 0 Å². The molecule has 0 fully saturated rings. The molecule has 0 aliphatic carbocycles. The first-order valence-electron chi connectivity index (χ1n) is 6.72. The molecule has 0 heterocycles. The normalized spacial score (nSPS) is 12.2. The summed E-state index contributed by atoms with van der Waals surface area (Å²) in [6, 6.07) is 7.66. The zero-order valence-electron chi connectivity index (χ0n) is 11.4. The Morgan fingerprint density at radius 3 is 2.78 bits per heavy atom. The van der Waals surface area contributed by atoms with Crippen LogP contribution in [0.4, 0.5) is 0 Å². The molecule has 100 valence electrons. The Kier molecular flexibility index (Phi) is 6.44. The van der Waals surface area contributed by atoms with Crippen LogP contribution in [0.3, 0.4) is 0 Å². The molecule has 0 aliphatic heterocycles. The molecular formula is C15H24N2O. The van der Waals surface area contributed by atoms with Crippen LogP contribution >= 0.6 is 0 Å². The predicted molar refractivity (Wildman–Crippen MR) is 75.6 cm³/mol. The van der Waals surface area contributed by atoms with Crippen LogP contribution in [-0.4, -0.2) is 19.0 Å². The molecule has 0 radical (unpaired) electrons. The summed E-state index contributed by atoms with van der Waals surface area (Å²) in [5.74, 6) is 0.505. The van der Waals surface area contributed by atoms with Gasteiger partial charge in [0.15, 0.2) is 0 Å². The number of carbonyl (C=O) groups excluding carboxylic acids is 1. The van der Waals surface area contributed by atoms with Crippen molar-refractivity contribution in [2.45, 2.75) is 33.1 Å². The highest BCUT2D eigenvalue weighted by molar-refractivity contribution is 5.94. The third-order valence-electron chi connectivity index (χ3n) is 3.10. The van der Waals surface area contributed by atoms with Gasteiger partial charge in [-0.15, -0.1) is 0 Å². The van der Waals surface area contributed by atoms with Crippen LogP contribution in [0, 0.1) is 12.8 Å². The first-order chi connectivity index (χ1) is 8.67. The highest BCUT2D eigenvalue weighted by atomic mass is 16.1. The van der Waals surface area contributed by atoms with Gasteiger partial charge in [0, 0.05) is 12.1 Å². The van der Waals surface area contributed by atoms with Gasteiger partial charge in [0.05, 0.1) is 0 Å². The van der Waals surface area contributed by atoms with Gasteiger partial charge in [-0.3, -0.25) is 4.79 Å². The molecule has 0 spiro atoms. The Morgan fingerprint density at radius 1 is 1.39 bits per heavy atom. The maximum absolute atomic E-state index is 12.0. The van der Waals surface area contributed by atoms with Crippen LogP contribution in [-0.2, 0) is 0 Å². The van der Waals surface area contributed by atoms with E-state index in [9.17, 15) is 4.79 Å². The van der Waals surface area contributed by atoms with Crippen molar-refractivity contribution in [3.05, 3.63) is 35.4 Å². The summed E-state index contributed by atoms with van der Waals surface area (Å²) < 4.78 is 0. The molecule has 0 bridgehead atoms. The minimum absolute atomic E-state index is 0.0109. The summed E-state index contributed by atoms with van der Waals surface area (Å²) >= 11 is 0. The largest absolute Gasteiger partial charge is 0.352 e. The molecule has 3 nitrogen and oxygen atoms in total. The van der Waals surface area contributed by atoms with Crippen LogP contribution < -0.4 is 11.1 Å². The van der Waals surface area contributed by atoms with E-state index in [1.807, 2.05) is 31.2 Å². The van der Waals surface area contributed by atoms with Crippen molar-refractivity contribution in [2.24, 2.45) is 11.7 Å². The number of aryl methyl sites for hydroxylation is 1. The van der Waals surface area contributed by atoms with Gasteiger partial charge in [0.25, 0.3) is 5.91 Å². The lowest BCUT2D eigenvalue weighted by atomic mass is 9.99. The minimum atomic E-state index is 0.0109. The second-order valence-electron chi connectivity index (χ2n) is 4.81. The van der Waals surface area contributed by atoms with Gasteiger partial charge in [-0.05, 0) is 44.4 Å². The maximum Gasteiger partial charge on any atom is 0.251 e. The van der Waals surface area contributed by atoms with Gasteiger partial charge in [-0.1, -0.05) is 31.0 Å². The number of hydrogen-bond acceptors (Lipinski definition) is 2. The number of rotatable bonds is 7. The van der Waals surface area contributed by atoms with E-state index in [0.717, 1.165) is 36.9 Å². The van der Waals surface area contributed by atoms with Crippen molar-refractivity contribution in [1.82, 2.24) is 5.32 Å². The van der Waals surface area contributed by atoms with Gasteiger partial charge in [-0.25, -0.2) is 0 Å². The molecule has 1 rings (SSSR count). The van der Waals surface area contributed by atoms with E-state index < -0.39 is 0 Å². The lowest BCUT2D eigenvalue weighted by Gasteiger charge is -2.16. The minimum Gasteiger partial charge on any atom is -0.352 e. The van der Waals surface area contributed by atoms with Crippen LogP contribution in [0.15, 0.2) is 24.3 Å². The summed E-state index contributed by atoms with van der Waals surface area (Å²) in [7, 11) is 0. The number of benzene rings is 1. The Bertz CT molecular complexity index is 371. The van der Waals surface area contributed by atoms with Crippen molar-refractivity contribution < 1.29 is 4.79 Å². The van der Waals surface area contributed by atoms with E-state index in [2.05, 4.69) is 12.2 Å². The molecule has 1 aromatic carbocycles. The number of nitrogens with one attached hydrogen (secondary N) is 1. The molecular weight excluding hydrogens is 224 g/mol. The molecule has 0 saturated carbocycles. The highest BCUT2D eigenvalue weighted by Gasteiger charge is 2.10. The third-order valence-corrected chi connectivity index (χ3v) is 3.10. The predicted octanol–water partition coefficient (Wildman–Crippen LogP) is 2.49. The van der Waals surface area contributed by atoms with E-state index in [-0.39, 0.29) is 5.91 Å². The molecule has 0 saturated heterocycles. The molecule has 3 heteroatoms. The molecule has 1 aromatic rings. The fourth-order valence-electron chi connectivity index (χ4n) is 2.12. The Labute approximate surface area is 110 Å². The van der Waals surface area contributed by atoms with E-state index in [1.54, 1.807) is 0 Å². The van der Waals surface area contributed by atoms with Gasteiger partial charge < -0.3 is 11.1 Å². The molecule has 0 aromatic heterocycles. The molecule has 1 atom stereocenters. The lowest BCUT2D eigenvalue weighted by Crippen LogP contribution is -2.30. The second kappa shape index (κ2) is 7.88. The molecule has 0 aliphatic rings. The molecule has 18 heavy (non-hydrogen) atoms. The summed E-state index contributed by atoms with van der Waals surface area (Å²) in [5.41, 5.74) is 7.42. The van der Waals surface area contributed by atoms with Crippen LogP contribution in [0.2, 0.25) is 0 Å². The lowest BCUT2D eigenvalue weighted by molar-refractivity contribution is 0.0945. The fourth-order valence-corrected chi connectivity index (χ4v) is 2.12. The maximum atomic E-state index is 12.0. The van der Waals surface area contributed by atoms with Crippen LogP contribution in [0.1, 0.15) is 42.1 Å². The van der Waals surface area contributed by atoms with Crippen LogP contribution in [0.5, 0.6) is 0 Å². The first-order valence-corrected chi connectivity index (χ1v) is 6.72. The Balaban J connectivity index is 2.49. The van der Waals surface area contributed by atoms with E-state index >= 15 is 0 Å². The number of nitrogens with two attached hydrogens (primary N) is 1. The molecule has 1 amide bonds. The quantitative estimate of drug-likeness (QED) is 0.779. The number of amides is 1. The number of hydrogen-bond donors (Lipinski definition) is 2. The Hall–Kier alpha value is -1.35.